The van der Waals surface area contributed by atoms with E-state index in [0.29, 0.717) is 5.69 Å². The largest absolute Gasteiger partial charge is 0.319 e. The highest BCUT2D eigenvalue weighted by atomic mass is 19.2. The standard InChI is InChI=1S/C22H19F4N3O2/c1-4-17(22(31)27-21-19(25)14(23)10-15(24)20(21)26)29-18(30)8-7-16(28-29)13-9-11(2)5-6-12(13)3/h5-10,17H,4H2,1-3H3,(H,27,31). The van der Waals surface area contributed by atoms with E-state index in [2.05, 4.69) is 5.10 Å². The quantitative estimate of drug-likeness (QED) is 0.470. The maximum atomic E-state index is 13.9. The Morgan fingerprint density at radius 2 is 1.68 bits per heavy atom. The number of amides is 1. The molecule has 31 heavy (non-hydrogen) atoms. The SMILES string of the molecule is CCC(C(=O)Nc1c(F)c(F)cc(F)c1F)n1nc(-c2cc(C)ccc2C)ccc1=O. The van der Waals surface area contributed by atoms with Crippen LogP contribution in [0.5, 0.6) is 0 Å². The summed E-state index contributed by atoms with van der Waals surface area (Å²) in [5.41, 5.74) is 1.13. The molecule has 0 saturated heterocycles. The van der Waals surface area contributed by atoms with Gasteiger partial charge in [-0.2, -0.15) is 5.10 Å². The molecule has 0 bridgehead atoms. The molecule has 3 rings (SSSR count). The summed E-state index contributed by atoms with van der Waals surface area (Å²) in [4.78, 5) is 25.1. The van der Waals surface area contributed by atoms with Crippen molar-refractivity contribution >= 4 is 11.6 Å². The fourth-order valence-electron chi connectivity index (χ4n) is 3.16. The van der Waals surface area contributed by atoms with Crippen LogP contribution in [0.1, 0.15) is 30.5 Å². The zero-order valence-electron chi connectivity index (χ0n) is 17.0. The fourth-order valence-corrected chi connectivity index (χ4v) is 3.16. The molecule has 0 aliphatic rings. The molecule has 1 heterocycles. The third-order valence-corrected chi connectivity index (χ3v) is 4.84. The van der Waals surface area contributed by atoms with Crippen LogP contribution in [-0.4, -0.2) is 15.7 Å². The number of halogens is 4. The Hall–Kier alpha value is -3.49. The van der Waals surface area contributed by atoms with Crippen molar-refractivity contribution in [2.75, 3.05) is 5.32 Å². The summed E-state index contributed by atoms with van der Waals surface area (Å²) < 4.78 is 55.7. The van der Waals surface area contributed by atoms with E-state index in [1.165, 1.54) is 12.1 Å². The van der Waals surface area contributed by atoms with E-state index in [9.17, 15) is 27.2 Å². The van der Waals surface area contributed by atoms with E-state index in [1.807, 2.05) is 37.4 Å². The average Bonchev–Trinajstić information content (AvgIpc) is 2.73. The van der Waals surface area contributed by atoms with Gasteiger partial charge < -0.3 is 5.32 Å². The molecule has 0 saturated carbocycles. The van der Waals surface area contributed by atoms with Gasteiger partial charge in [-0.1, -0.05) is 24.6 Å². The zero-order chi connectivity index (χ0) is 22.9. The molecule has 0 aliphatic heterocycles. The third kappa shape index (κ3) is 4.35. The minimum atomic E-state index is -1.74. The molecule has 0 radical (unpaired) electrons. The molecule has 5 nitrogen and oxygen atoms in total. The first kappa shape index (κ1) is 22.2. The minimum Gasteiger partial charge on any atom is -0.319 e. The van der Waals surface area contributed by atoms with Gasteiger partial charge in [0, 0.05) is 17.7 Å². The number of aromatic nitrogens is 2. The third-order valence-electron chi connectivity index (χ3n) is 4.84. The van der Waals surface area contributed by atoms with Crippen LogP contribution >= 0.6 is 0 Å². The maximum Gasteiger partial charge on any atom is 0.267 e. The molecule has 3 aromatic rings. The lowest BCUT2D eigenvalue weighted by molar-refractivity contribution is -0.119. The second-order valence-corrected chi connectivity index (χ2v) is 7.08. The van der Waals surface area contributed by atoms with Gasteiger partial charge in [0.25, 0.3) is 5.56 Å². The minimum absolute atomic E-state index is 0.0238. The first-order valence-electron chi connectivity index (χ1n) is 9.45. The predicted molar refractivity (Wildman–Crippen MR) is 108 cm³/mol. The Morgan fingerprint density at radius 3 is 2.29 bits per heavy atom. The number of aryl methyl sites for hydroxylation is 2. The number of rotatable bonds is 5. The molecule has 0 spiro atoms. The summed E-state index contributed by atoms with van der Waals surface area (Å²) in [6.45, 7) is 5.31. The van der Waals surface area contributed by atoms with Gasteiger partial charge in [-0.25, -0.2) is 22.2 Å². The van der Waals surface area contributed by atoms with Gasteiger partial charge in [0.2, 0.25) is 5.91 Å². The molecule has 9 heteroatoms. The molecule has 0 aliphatic carbocycles. The molecular formula is C22H19F4N3O2. The van der Waals surface area contributed by atoms with Crippen molar-refractivity contribution in [3.05, 3.63) is 81.1 Å². The number of carbonyl (C=O) groups is 1. The summed E-state index contributed by atoms with van der Waals surface area (Å²) in [6.07, 6.45) is 0.0238. The number of nitrogens with zero attached hydrogens (tertiary/aromatic N) is 2. The second kappa shape index (κ2) is 8.71. The van der Waals surface area contributed by atoms with E-state index in [0.717, 1.165) is 21.4 Å². The smallest absolute Gasteiger partial charge is 0.267 e. The lowest BCUT2D eigenvalue weighted by Crippen LogP contribution is -2.35. The van der Waals surface area contributed by atoms with Crippen LogP contribution in [0.15, 0.2) is 41.2 Å². The molecule has 1 atom stereocenters. The van der Waals surface area contributed by atoms with Crippen LogP contribution in [0.25, 0.3) is 11.3 Å². The van der Waals surface area contributed by atoms with Crippen LogP contribution in [0.3, 0.4) is 0 Å². The lowest BCUT2D eigenvalue weighted by atomic mass is 10.0. The summed E-state index contributed by atoms with van der Waals surface area (Å²) in [6, 6.07) is 7.16. The summed E-state index contributed by atoms with van der Waals surface area (Å²) in [7, 11) is 0. The number of hydrogen-bond donors (Lipinski definition) is 1. The van der Waals surface area contributed by atoms with Crippen molar-refractivity contribution in [3.63, 3.8) is 0 Å². The Bertz CT molecular complexity index is 1200. The van der Waals surface area contributed by atoms with Crippen LogP contribution < -0.4 is 10.9 Å². The predicted octanol–water partition coefficient (Wildman–Crippen LogP) is 4.67. The summed E-state index contributed by atoms with van der Waals surface area (Å²) >= 11 is 0. The van der Waals surface area contributed by atoms with Crippen molar-refractivity contribution in [2.24, 2.45) is 0 Å². The number of benzene rings is 2. The van der Waals surface area contributed by atoms with Crippen molar-refractivity contribution < 1.29 is 22.4 Å². The van der Waals surface area contributed by atoms with Gasteiger partial charge in [0.05, 0.1) is 5.69 Å². The monoisotopic (exact) mass is 433 g/mol. The number of anilines is 1. The van der Waals surface area contributed by atoms with Crippen molar-refractivity contribution in [2.45, 2.75) is 33.2 Å². The van der Waals surface area contributed by atoms with Crippen LogP contribution in [0, 0.1) is 37.1 Å². The zero-order valence-corrected chi connectivity index (χ0v) is 17.0. The van der Waals surface area contributed by atoms with Gasteiger partial charge in [-0.15, -0.1) is 0 Å². The molecule has 2 aromatic carbocycles. The molecule has 162 valence electrons. The number of nitrogens with one attached hydrogen (secondary N) is 1. The Kier molecular flexibility index (Phi) is 6.24. The van der Waals surface area contributed by atoms with Crippen LogP contribution in [0.2, 0.25) is 0 Å². The first-order chi connectivity index (χ1) is 14.6. The highest BCUT2D eigenvalue weighted by Gasteiger charge is 2.26. The Balaban J connectivity index is 2.02. The summed E-state index contributed by atoms with van der Waals surface area (Å²) in [5, 5.41) is 6.11. The van der Waals surface area contributed by atoms with Gasteiger partial charge in [0.1, 0.15) is 11.7 Å². The van der Waals surface area contributed by atoms with E-state index in [4.69, 9.17) is 0 Å². The van der Waals surface area contributed by atoms with Crippen molar-refractivity contribution in [3.8, 4) is 11.3 Å². The van der Waals surface area contributed by atoms with Crippen LogP contribution in [-0.2, 0) is 4.79 Å². The van der Waals surface area contributed by atoms with Gasteiger partial charge in [-0.05, 0) is 38.0 Å². The topological polar surface area (TPSA) is 64.0 Å². The molecule has 0 fully saturated rings. The normalized spacial score (nSPS) is 12.0. The van der Waals surface area contributed by atoms with Gasteiger partial charge >= 0.3 is 0 Å². The van der Waals surface area contributed by atoms with Gasteiger partial charge in [-0.3, -0.25) is 9.59 Å². The van der Waals surface area contributed by atoms with E-state index in [1.54, 1.807) is 6.92 Å². The number of hydrogen-bond acceptors (Lipinski definition) is 3. The van der Waals surface area contributed by atoms with E-state index in [-0.39, 0.29) is 12.5 Å². The highest BCUT2D eigenvalue weighted by Crippen LogP contribution is 2.26. The molecule has 1 N–H and O–H groups in total. The first-order valence-corrected chi connectivity index (χ1v) is 9.45. The Morgan fingerprint density at radius 1 is 1.03 bits per heavy atom. The molecular weight excluding hydrogens is 414 g/mol. The fraction of sp³-hybridized carbons (Fsp3) is 0.227. The number of carbonyl (C=O) groups excluding carboxylic acids is 1. The molecule has 1 aromatic heterocycles. The van der Waals surface area contributed by atoms with Crippen molar-refractivity contribution in [1.82, 2.24) is 9.78 Å². The maximum absolute atomic E-state index is 13.9. The Labute approximate surface area is 175 Å². The molecule has 1 amide bonds. The van der Waals surface area contributed by atoms with Crippen LogP contribution in [0.4, 0.5) is 23.2 Å². The lowest BCUT2D eigenvalue weighted by Gasteiger charge is -2.18. The highest BCUT2D eigenvalue weighted by molar-refractivity contribution is 5.94. The van der Waals surface area contributed by atoms with E-state index >= 15 is 0 Å². The second-order valence-electron chi connectivity index (χ2n) is 7.08. The average molecular weight is 433 g/mol. The van der Waals surface area contributed by atoms with Gasteiger partial charge in [0.15, 0.2) is 23.3 Å². The molecule has 1 unspecified atom stereocenters. The summed E-state index contributed by atoms with van der Waals surface area (Å²) in [5.74, 6) is -7.85. The van der Waals surface area contributed by atoms with E-state index < -0.39 is 46.5 Å². The van der Waals surface area contributed by atoms with Crippen molar-refractivity contribution in [1.29, 1.82) is 0 Å².